The van der Waals surface area contributed by atoms with Crippen LogP contribution in [0.4, 0.5) is 11.4 Å². The van der Waals surface area contributed by atoms with E-state index in [1.165, 1.54) is 24.3 Å². The summed E-state index contributed by atoms with van der Waals surface area (Å²) in [5, 5.41) is 13.9. The van der Waals surface area contributed by atoms with Gasteiger partial charge in [0.15, 0.2) is 0 Å². The molecule has 0 aliphatic carbocycles. The average Bonchev–Trinajstić information content (AvgIpc) is 2.40. The van der Waals surface area contributed by atoms with Crippen LogP contribution < -0.4 is 0 Å². The second-order valence-electron chi connectivity index (χ2n) is 3.03. The van der Waals surface area contributed by atoms with E-state index in [-0.39, 0.29) is 0 Å². The second-order valence-corrected chi connectivity index (χ2v) is 3.03. The molecule has 0 atom stereocenters. The van der Waals surface area contributed by atoms with Crippen molar-refractivity contribution < 1.29 is 5.11 Å². The first kappa shape index (κ1) is 12.5. The van der Waals surface area contributed by atoms with Crippen molar-refractivity contribution in [3.05, 3.63) is 64.4 Å². The lowest BCUT2D eigenvalue weighted by atomic mass is 10.3. The minimum absolute atomic E-state index is 0.299. The van der Waals surface area contributed by atoms with Gasteiger partial charge in [0, 0.05) is 0 Å². The third-order valence-electron chi connectivity index (χ3n) is 1.82. The van der Waals surface area contributed by atoms with Crippen molar-refractivity contribution in [3.63, 3.8) is 0 Å². The van der Waals surface area contributed by atoms with E-state index in [2.05, 4.69) is 10.4 Å². The van der Waals surface area contributed by atoms with Crippen molar-refractivity contribution in [1.82, 2.24) is 0 Å². The van der Waals surface area contributed by atoms with Crippen LogP contribution in [0.3, 0.4) is 0 Å². The predicted octanol–water partition coefficient (Wildman–Crippen LogP) is 3.87. The lowest BCUT2D eigenvalue weighted by Gasteiger charge is -1.86. The molecule has 0 aliphatic heterocycles. The molecule has 0 aromatic heterocycles. The molecule has 0 saturated heterocycles. The fourth-order valence-corrected chi connectivity index (χ4v) is 1.00. The summed E-state index contributed by atoms with van der Waals surface area (Å²) in [6, 6.07) is 14.4. The lowest BCUT2D eigenvalue weighted by molar-refractivity contribution is 0.475. The van der Waals surface area contributed by atoms with Crippen LogP contribution in [0.25, 0.3) is 0 Å². The maximum Gasteiger partial charge on any atom is 0.115 e. The van der Waals surface area contributed by atoms with E-state index in [4.69, 9.17) is 5.11 Å². The van der Waals surface area contributed by atoms with Crippen LogP contribution in [0.15, 0.2) is 65.0 Å². The number of para-hydroxylation sites is 1. The highest BCUT2D eigenvalue weighted by Crippen LogP contribution is 2.17. The van der Waals surface area contributed by atoms with Crippen molar-refractivity contribution in [3.8, 4) is 5.75 Å². The van der Waals surface area contributed by atoms with E-state index in [9.17, 15) is 9.81 Å². The van der Waals surface area contributed by atoms with Gasteiger partial charge in [-0.2, -0.15) is 0 Å². The molecule has 0 aliphatic rings. The predicted molar refractivity (Wildman–Crippen MR) is 65.5 cm³/mol. The molecule has 2 rings (SSSR count). The molecule has 0 amide bonds. The Bertz CT molecular complexity index is 442. The highest BCUT2D eigenvalue weighted by Gasteiger charge is 1.90. The van der Waals surface area contributed by atoms with E-state index in [1.54, 1.807) is 24.3 Å². The molecule has 86 valence electrons. The number of benzene rings is 2. The molecule has 5 nitrogen and oxygen atoms in total. The van der Waals surface area contributed by atoms with E-state index in [0.29, 0.717) is 17.1 Å². The summed E-state index contributed by atoms with van der Waals surface area (Å²) in [6.45, 7) is 0. The van der Waals surface area contributed by atoms with Crippen molar-refractivity contribution in [2.75, 3.05) is 0 Å². The van der Waals surface area contributed by atoms with Crippen LogP contribution in [-0.4, -0.2) is 5.11 Å². The lowest BCUT2D eigenvalue weighted by Crippen LogP contribution is -1.61. The maximum absolute atomic E-state index is 9.85. The standard InChI is InChI=1S/C6H4N2O2.C6H6O/c9-7-5-1-2-6(8-10)4-3-5;7-6-4-2-1-3-5-6/h1-4H;1-5,7H. The summed E-state index contributed by atoms with van der Waals surface area (Å²) in [5.74, 6) is 0.322. The van der Waals surface area contributed by atoms with Gasteiger partial charge in [0.2, 0.25) is 0 Å². The van der Waals surface area contributed by atoms with Gasteiger partial charge in [-0.05, 0) is 46.8 Å². The Morgan fingerprint density at radius 3 is 1.35 bits per heavy atom. The zero-order valence-corrected chi connectivity index (χ0v) is 8.85. The van der Waals surface area contributed by atoms with Crippen LogP contribution in [-0.2, 0) is 0 Å². The quantitative estimate of drug-likeness (QED) is 0.795. The molecule has 0 saturated carbocycles. The Kier molecular flexibility index (Phi) is 5.03. The number of phenols is 1. The number of hydrogen-bond donors (Lipinski definition) is 1. The zero-order valence-electron chi connectivity index (χ0n) is 8.85. The van der Waals surface area contributed by atoms with E-state index in [0.717, 1.165) is 0 Å². The number of nitrogens with zero attached hydrogens (tertiary/aromatic N) is 2. The van der Waals surface area contributed by atoms with Crippen LogP contribution in [0.5, 0.6) is 5.75 Å². The molecule has 0 heterocycles. The summed E-state index contributed by atoms with van der Waals surface area (Å²) in [4.78, 5) is 19.7. The number of aromatic hydroxyl groups is 1. The Morgan fingerprint density at radius 2 is 1.12 bits per heavy atom. The molecule has 0 fully saturated rings. The first-order chi connectivity index (χ1) is 8.26. The molecule has 0 radical (unpaired) electrons. The van der Waals surface area contributed by atoms with Crippen LogP contribution in [0.2, 0.25) is 0 Å². The number of rotatable bonds is 2. The van der Waals surface area contributed by atoms with Crippen LogP contribution >= 0.6 is 0 Å². The molecule has 2 aromatic carbocycles. The summed E-state index contributed by atoms with van der Waals surface area (Å²) in [6.07, 6.45) is 0. The molecule has 17 heavy (non-hydrogen) atoms. The molecule has 0 unspecified atom stereocenters. The van der Waals surface area contributed by atoms with Gasteiger partial charge >= 0.3 is 0 Å². The SMILES string of the molecule is O=Nc1ccc(N=O)cc1.Oc1ccccc1. The molecular formula is C12H10N2O3. The van der Waals surface area contributed by atoms with Crippen LogP contribution in [0, 0.1) is 9.81 Å². The van der Waals surface area contributed by atoms with E-state index in [1.807, 2.05) is 6.07 Å². The summed E-state index contributed by atoms with van der Waals surface area (Å²) >= 11 is 0. The van der Waals surface area contributed by atoms with Gasteiger partial charge in [-0.1, -0.05) is 18.2 Å². The third kappa shape index (κ3) is 4.65. The molecule has 0 spiro atoms. The Morgan fingerprint density at radius 1 is 0.706 bits per heavy atom. The summed E-state index contributed by atoms with van der Waals surface area (Å²) in [5.41, 5.74) is 0.597. The molecule has 1 N–H and O–H groups in total. The van der Waals surface area contributed by atoms with Crippen molar-refractivity contribution in [1.29, 1.82) is 0 Å². The summed E-state index contributed by atoms with van der Waals surface area (Å²) in [7, 11) is 0. The van der Waals surface area contributed by atoms with Crippen molar-refractivity contribution in [2.45, 2.75) is 0 Å². The van der Waals surface area contributed by atoms with Gasteiger partial charge in [-0.25, -0.2) is 0 Å². The van der Waals surface area contributed by atoms with Crippen molar-refractivity contribution in [2.24, 2.45) is 10.4 Å². The van der Waals surface area contributed by atoms with Gasteiger partial charge < -0.3 is 5.11 Å². The minimum atomic E-state index is 0.299. The molecule has 0 bridgehead atoms. The van der Waals surface area contributed by atoms with Gasteiger partial charge in [0.05, 0.1) is 0 Å². The van der Waals surface area contributed by atoms with Gasteiger partial charge in [-0.15, -0.1) is 9.81 Å². The van der Waals surface area contributed by atoms with Gasteiger partial charge in [0.25, 0.3) is 0 Å². The monoisotopic (exact) mass is 230 g/mol. The van der Waals surface area contributed by atoms with Crippen LogP contribution in [0.1, 0.15) is 0 Å². The van der Waals surface area contributed by atoms with E-state index >= 15 is 0 Å². The fourth-order valence-electron chi connectivity index (χ4n) is 1.00. The normalized spacial score (nSPS) is 8.71. The zero-order chi connectivity index (χ0) is 12.5. The number of phenolic OH excluding ortho intramolecular Hbond substituents is 1. The summed E-state index contributed by atoms with van der Waals surface area (Å²) < 4.78 is 0. The average molecular weight is 230 g/mol. The Hall–Kier alpha value is -2.56. The second kappa shape index (κ2) is 6.84. The minimum Gasteiger partial charge on any atom is -0.508 e. The Balaban J connectivity index is 0.000000181. The number of hydrogen-bond acceptors (Lipinski definition) is 5. The maximum atomic E-state index is 9.85. The van der Waals surface area contributed by atoms with E-state index < -0.39 is 0 Å². The fraction of sp³-hybridized carbons (Fsp3) is 0. The first-order valence-electron chi connectivity index (χ1n) is 4.77. The first-order valence-corrected chi connectivity index (χ1v) is 4.77. The highest BCUT2D eigenvalue weighted by molar-refractivity contribution is 5.46. The van der Waals surface area contributed by atoms with Crippen molar-refractivity contribution >= 4 is 11.4 Å². The Labute approximate surface area is 97.7 Å². The third-order valence-corrected chi connectivity index (χ3v) is 1.82. The van der Waals surface area contributed by atoms with Gasteiger partial charge in [0.1, 0.15) is 17.1 Å². The molecular weight excluding hydrogens is 220 g/mol. The largest absolute Gasteiger partial charge is 0.508 e. The van der Waals surface area contributed by atoms with Gasteiger partial charge in [-0.3, -0.25) is 0 Å². The topological polar surface area (TPSA) is 79.1 Å². The number of nitroso groups, excluding NO2 is 2. The molecule has 2 aromatic rings. The highest BCUT2D eigenvalue weighted by atomic mass is 16.3. The molecule has 5 heteroatoms. The smallest absolute Gasteiger partial charge is 0.115 e.